The third-order valence-corrected chi connectivity index (χ3v) is 3.32. The minimum absolute atomic E-state index is 0.0979. The first-order valence-corrected chi connectivity index (χ1v) is 7.04. The van der Waals surface area contributed by atoms with Gasteiger partial charge in [0.25, 0.3) is 0 Å². The SMILES string of the molecule is CCNC(CCCC(C)C)c1ccc(C)c(F)c1. The lowest BCUT2D eigenvalue weighted by Gasteiger charge is -2.19. The van der Waals surface area contributed by atoms with E-state index < -0.39 is 0 Å². The van der Waals surface area contributed by atoms with Crippen molar-refractivity contribution in [2.75, 3.05) is 6.54 Å². The van der Waals surface area contributed by atoms with Gasteiger partial charge in [0.05, 0.1) is 0 Å². The second kappa shape index (κ2) is 7.52. The van der Waals surface area contributed by atoms with Crippen LogP contribution in [0.2, 0.25) is 0 Å². The van der Waals surface area contributed by atoms with Gasteiger partial charge in [0.15, 0.2) is 0 Å². The van der Waals surface area contributed by atoms with Crippen LogP contribution in [0, 0.1) is 18.7 Å². The molecule has 2 heteroatoms. The minimum atomic E-state index is -0.0979. The van der Waals surface area contributed by atoms with Crippen LogP contribution in [0.5, 0.6) is 0 Å². The van der Waals surface area contributed by atoms with E-state index >= 15 is 0 Å². The van der Waals surface area contributed by atoms with Gasteiger partial charge in [-0.2, -0.15) is 0 Å². The van der Waals surface area contributed by atoms with Crippen molar-refractivity contribution in [1.82, 2.24) is 5.32 Å². The Morgan fingerprint density at radius 3 is 2.50 bits per heavy atom. The van der Waals surface area contributed by atoms with Crippen molar-refractivity contribution < 1.29 is 4.39 Å². The summed E-state index contributed by atoms with van der Waals surface area (Å²) in [5.41, 5.74) is 1.79. The van der Waals surface area contributed by atoms with Gasteiger partial charge in [-0.15, -0.1) is 0 Å². The molecule has 1 rings (SSSR count). The fourth-order valence-corrected chi connectivity index (χ4v) is 2.19. The standard InChI is InChI=1S/C16H26FN/c1-5-18-16(8-6-7-12(2)3)14-10-9-13(4)15(17)11-14/h9-12,16,18H,5-8H2,1-4H3. The maximum absolute atomic E-state index is 13.6. The number of nitrogens with one attached hydrogen (secondary N) is 1. The van der Waals surface area contributed by atoms with Gasteiger partial charge in [-0.3, -0.25) is 0 Å². The highest BCUT2D eigenvalue weighted by molar-refractivity contribution is 5.25. The molecular formula is C16H26FN. The van der Waals surface area contributed by atoms with Crippen molar-refractivity contribution in [1.29, 1.82) is 0 Å². The second-order valence-corrected chi connectivity index (χ2v) is 5.44. The average Bonchev–Trinajstić information content (AvgIpc) is 2.31. The summed E-state index contributed by atoms with van der Waals surface area (Å²) in [6.45, 7) is 9.31. The van der Waals surface area contributed by atoms with Crippen LogP contribution in [-0.2, 0) is 0 Å². The zero-order valence-corrected chi connectivity index (χ0v) is 12.1. The zero-order chi connectivity index (χ0) is 13.5. The van der Waals surface area contributed by atoms with E-state index in [-0.39, 0.29) is 11.9 Å². The molecule has 1 N–H and O–H groups in total. The Bertz CT molecular complexity index is 360. The molecule has 1 unspecified atom stereocenters. The topological polar surface area (TPSA) is 12.0 Å². The highest BCUT2D eigenvalue weighted by Crippen LogP contribution is 2.22. The van der Waals surface area contributed by atoms with Crippen LogP contribution < -0.4 is 5.32 Å². The van der Waals surface area contributed by atoms with Crippen molar-refractivity contribution in [3.05, 3.63) is 35.1 Å². The molecule has 0 spiro atoms. The van der Waals surface area contributed by atoms with Gasteiger partial charge in [0.1, 0.15) is 5.82 Å². The van der Waals surface area contributed by atoms with E-state index in [4.69, 9.17) is 0 Å². The number of aryl methyl sites for hydroxylation is 1. The lowest BCUT2D eigenvalue weighted by molar-refractivity contribution is 0.453. The van der Waals surface area contributed by atoms with Crippen LogP contribution >= 0.6 is 0 Å². The Morgan fingerprint density at radius 1 is 1.22 bits per heavy atom. The number of hydrogen-bond donors (Lipinski definition) is 1. The van der Waals surface area contributed by atoms with Gasteiger partial charge >= 0.3 is 0 Å². The highest BCUT2D eigenvalue weighted by atomic mass is 19.1. The van der Waals surface area contributed by atoms with Gasteiger partial charge in [-0.05, 0) is 43.0 Å². The Labute approximate surface area is 111 Å². The van der Waals surface area contributed by atoms with Crippen molar-refractivity contribution in [3.8, 4) is 0 Å². The summed E-state index contributed by atoms with van der Waals surface area (Å²) in [5.74, 6) is 0.640. The molecule has 1 atom stereocenters. The molecule has 18 heavy (non-hydrogen) atoms. The fourth-order valence-electron chi connectivity index (χ4n) is 2.19. The first-order chi connectivity index (χ1) is 8.54. The van der Waals surface area contributed by atoms with E-state index in [1.807, 2.05) is 12.1 Å². The second-order valence-electron chi connectivity index (χ2n) is 5.44. The maximum atomic E-state index is 13.6. The number of halogens is 1. The highest BCUT2D eigenvalue weighted by Gasteiger charge is 2.11. The van der Waals surface area contributed by atoms with Gasteiger partial charge in [-0.1, -0.05) is 45.7 Å². The van der Waals surface area contributed by atoms with E-state index in [9.17, 15) is 4.39 Å². The average molecular weight is 251 g/mol. The molecule has 0 saturated heterocycles. The third kappa shape index (κ3) is 4.77. The van der Waals surface area contributed by atoms with Gasteiger partial charge in [0.2, 0.25) is 0 Å². The summed E-state index contributed by atoms with van der Waals surface area (Å²) in [6.07, 6.45) is 3.50. The maximum Gasteiger partial charge on any atom is 0.126 e. The Balaban J connectivity index is 2.67. The smallest absolute Gasteiger partial charge is 0.126 e. The normalized spacial score (nSPS) is 13.0. The quantitative estimate of drug-likeness (QED) is 0.746. The Hall–Kier alpha value is -0.890. The molecule has 0 saturated carbocycles. The number of rotatable bonds is 7. The predicted molar refractivity (Wildman–Crippen MR) is 76.2 cm³/mol. The monoisotopic (exact) mass is 251 g/mol. The van der Waals surface area contributed by atoms with Crippen molar-refractivity contribution in [2.45, 2.75) is 53.0 Å². The predicted octanol–water partition coefficient (Wildman–Crippen LogP) is 4.61. The summed E-state index contributed by atoms with van der Waals surface area (Å²) in [4.78, 5) is 0. The molecule has 0 radical (unpaired) electrons. The van der Waals surface area contributed by atoms with Crippen LogP contribution in [0.25, 0.3) is 0 Å². The van der Waals surface area contributed by atoms with Crippen molar-refractivity contribution >= 4 is 0 Å². The molecule has 1 aromatic rings. The minimum Gasteiger partial charge on any atom is -0.310 e. The largest absolute Gasteiger partial charge is 0.310 e. The molecule has 0 aliphatic carbocycles. The molecule has 0 aromatic heterocycles. The first kappa shape index (κ1) is 15.2. The molecular weight excluding hydrogens is 225 g/mol. The molecule has 102 valence electrons. The van der Waals surface area contributed by atoms with E-state index in [2.05, 4.69) is 26.1 Å². The van der Waals surface area contributed by atoms with Crippen LogP contribution in [0.4, 0.5) is 4.39 Å². The number of benzene rings is 1. The fraction of sp³-hybridized carbons (Fsp3) is 0.625. The van der Waals surface area contributed by atoms with Crippen LogP contribution in [-0.4, -0.2) is 6.54 Å². The van der Waals surface area contributed by atoms with E-state index in [0.717, 1.165) is 30.0 Å². The Morgan fingerprint density at radius 2 is 1.94 bits per heavy atom. The van der Waals surface area contributed by atoms with Crippen LogP contribution in [0.3, 0.4) is 0 Å². The molecule has 0 amide bonds. The van der Waals surface area contributed by atoms with Crippen molar-refractivity contribution in [2.24, 2.45) is 5.92 Å². The molecule has 0 fully saturated rings. The lowest BCUT2D eigenvalue weighted by Crippen LogP contribution is -2.21. The van der Waals surface area contributed by atoms with Crippen LogP contribution in [0.1, 0.15) is 57.2 Å². The zero-order valence-electron chi connectivity index (χ0n) is 12.1. The summed E-state index contributed by atoms with van der Waals surface area (Å²) in [5, 5.41) is 3.45. The first-order valence-electron chi connectivity index (χ1n) is 7.04. The van der Waals surface area contributed by atoms with Crippen LogP contribution in [0.15, 0.2) is 18.2 Å². The molecule has 1 aromatic carbocycles. The summed E-state index contributed by atoms with van der Waals surface area (Å²) in [6, 6.07) is 5.88. The van der Waals surface area contributed by atoms with E-state index in [1.54, 1.807) is 13.0 Å². The molecule has 0 aliphatic rings. The van der Waals surface area contributed by atoms with E-state index in [0.29, 0.717) is 0 Å². The Kier molecular flexibility index (Phi) is 6.34. The van der Waals surface area contributed by atoms with Gasteiger partial charge in [0, 0.05) is 6.04 Å². The van der Waals surface area contributed by atoms with Crippen molar-refractivity contribution in [3.63, 3.8) is 0 Å². The molecule has 1 nitrogen and oxygen atoms in total. The molecule has 0 bridgehead atoms. The summed E-state index contributed by atoms with van der Waals surface area (Å²) in [7, 11) is 0. The summed E-state index contributed by atoms with van der Waals surface area (Å²) >= 11 is 0. The van der Waals surface area contributed by atoms with E-state index in [1.165, 1.54) is 12.8 Å². The third-order valence-electron chi connectivity index (χ3n) is 3.32. The molecule has 0 heterocycles. The number of hydrogen-bond acceptors (Lipinski definition) is 1. The summed E-state index contributed by atoms with van der Waals surface area (Å²) < 4.78 is 13.6. The lowest BCUT2D eigenvalue weighted by atomic mass is 9.97. The van der Waals surface area contributed by atoms with Gasteiger partial charge < -0.3 is 5.32 Å². The van der Waals surface area contributed by atoms with Gasteiger partial charge in [-0.25, -0.2) is 4.39 Å². The molecule has 0 aliphatic heterocycles.